The Bertz CT molecular complexity index is 1980. The maximum atomic E-state index is 13.5. The van der Waals surface area contributed by atoms with E-state index in [1.165, 1.54) is 55.4 Å². The van der Waals surface area contributed by atoms with Crippen LogP contribution >= 0.6 is 0 Å². The van der Waals surface area contributed by atoms with Gasteiger partial charge in [0, 0.05) is 16.6 Å². The summed E-state index contributed by atoms with van der Waals surface area (Å²) in [6.45, 7) is 32.6. The first kappa shape index (κ1) is 77.1. The number of hydrogen-bond donors (Lipinski definition) is 4. The summed E-state index contributed by atoms with van der Waals surface area (Å²) in [5.74, 6) is -2.52. The number of halogens is 15. The predicted octanol–water partition coefficient (Wildman–Crippen LogP) is 12.6. The molecular weight excluding hydrogens is 1090 g/mol. The minimum absolute atomic E-state index is 0.0709. The van der Waals surface area contributed by atoms with Crippen LogP contribution < -0.4 is 0 Å². The molecule has 0 saturated heterocycles. The summed E-state index contributed by atoms with van der Waals surface area (Å²) in [6, 6.07) is 0. The molecule has 0 radical (unpaired) electrons. The van der Waals surface area contributed by atoms with Crippen molar-refractivity contribution in [1.29, 1.82) is 0 Å². The molecule has 7 atom stereocenters. The highest BCUT2D eigenvalue weighted by Gasteiger charge is 2.75. The zero-order valence-corrected chi connectivity index (χ0v) is 48.2. The summed E-state index contributed by atoms with van der Waals surface area (Å²) in [4.78, 5) is 24.4. The van der Waals surface area contributed by atoms with Gasteiger partial charge in [0.05, 0.1) is 41.2 Å². The highest BCUT2D eigenvalue weighted by Crippen LogP contribution is 2.52. The summed E-state index contributed by atoms with van der Waals surface area (Å²) in [5.41, 5.74) is -24.5. The van der Waals surface area contributed by atoms with E-state index in [1.807, 2.05) is 0 Å². The average Bonchev–Trinajstić information content (AvgIpc) is 3.17. The summed E-state index contributed by atoms with van der Waals surface area (Å²) >= 11 is 0. The maximum absolute atomic E-state index is 13.5. The van der Waals surface area contributed by atoms with Gasteiger partial charge in [0.15, 0.2) is 5.60 Å². The normalized spacial score (nSPS) is 17.8. The van der Waals surface area contributed by atoms with Gasteiger partial charge in [-0.05, 0) is 142 Å². The number of carbonyl (C=O) groups is 2. The number of aliphatic hydroxyl groups is 4. The van der Waals surface area contributed by atoms with Crippen LogP contribution in [0, 0.1) is 16.7 Å². The minimum Gasteiger partial charge on any atom is -0.462 e. The molecule has 0 aliphatic heterocycles. The van der Waals surface area contributed by atoms with Crippen LogP contribution in [0.1, 0.15) is 158 Å². The Morgan fingerprint density at radius 1 is 0.462 bits per heavy atom. The second-order valence-corrected chi connectivity index (χ2v) is 24.3. The number of carbonyl (C=O) groups excluding carboxylic acids is 2. The van der Waals surface area contributed by atoms with E-state index in [0.29, 0.717) is 20.8 Å². The van der Waals surface area contributed by atoms with Crippen molar-refractivity contribution in [3.8, 4) is 0 Å². The molecule has 12 nitrogen and oxygen atoms in total. The number of hydrogen-bond acceptors (Lipinski definition) is 12. The smallest absolute Gasteiger partial charge is 0.428 e. The topological polar surface area (TPSA) is 170 Å². The maximum Gasteiger partial charge on any atom is 0.428 e. The van der Waals surface area contributed by atoms with Crippen LogP contribution in [0.3, 0.4) is 0 Å². The summed E-state index contributed by atoms with van der Waals surface area (Å²) < 4.78 is 235. The molecule has 4 N–H and O–H groups in total. The first-order valence-electron chi connectivity index (χ1n) is 24.2. The van der Waals surface area contributed by atoms with E-state index in [-0.39, 0.29) is 30.6 Å². The zero-order valence-electron chi connectivity index (χ0n) is 48.2. The SMILES string of the molecule is C=C(C)C(=O)OC(C(C)(C)OC(C)C(C)(O)C(F)(F)F)C(C)(C)C(C)(C)OC(C)C(O)(C(F)(F)F)C(F)(F)F.C=C(C)C(=O)OCC(C)(C)CC(CC(C)(C)OC(C)C(C)(C)O)C(C)(C)OC(C)C(O)(C(F)(F)F)C(F)(F)F. The lowest BCUT2D eigenvalue weighted by Crippen LogP contribution is -2.67. The fourth-order valence-electron chi connectivity index (χ4n) is 8.04. The van der Waals surface area contributed by atoms with Gasteiger partial charge < -0.3 is 48.8 Å². The van der Waals surface area contributed by atoms with Crippen molar-refractivity contribution in [3.05, 3.63) is 24.3 Å². The quantitative estimate of drug-likeness (QED) is 0.0388. The van der Waals surface area contributed by atoms with Crippen molar-refractivity contribution < 1.29 is 124 Å². The van der Waals surface area contributed by atoms with E-state index >= 15 is 0 Å². The van der Waals surface area contributed by atoms with Crippen molar-refractivity contribution >= 4 is 11.9 Å². The zero-order chi connectivity index (χ0) is 63.6. The molecule has 0 rings (SSSR count). The molecule has 0 heterocycles. The van der Waals surface area contributed by atoms with E-state index in [4.69, 9.17) is 28.4 Å². The lowest BCUT2D eigenvalue weighted by molar-refractivity contribution is -0.402. The van der Waals surface area contributed by atoms with Crippen LogP contribution in [-0.4, -0.2) is 145 Å². The molecule has 27 heteroatoms. The first-order valence-corrected chi connectivity index (χ1v) is 24.2. The van der Waals surface area contributed by atoms with Gasteiger partial charge in [-0.1, -0.05) is 40.9 Å². The first-order chi connectivity index (χ1) is 33.6. The van der Waals surface area contributed by atoms with Crippen LogP contribution in [0.15, 0.2) is 24.3 Å². The fourth-order valence-corrected chi connectivity index (χ4v) is 8.04. The molecule has 464 valence electrons. The van der Waals surface area contributed by atoms with Gasteiger partial charge in [0.25, 0.3) is 11.2 Å². The van der Waals surface area contributed by atoms with Crippen LogP contribution in [0.25, 0.3) is 0 Å². The predicted molar refractivity (Wildman–Crippen MR) is 256 cm³/mol. The third kappa shape index (κ3) is 19.1. The third-order valence-corrected chi connectivity index (χ3v) is 14.1. The van der Waals surface area contributed by atoms with Crippen molar-refractivity contribution in [3.63, 3.8) is 0 Å². The Hall–Kier alpha value is -2.95. The van der Waals surface area contributed by atoms with Crippen molar-refractivity contribution in [2.45, 2.75) is 264 Å². The molecule has 0 bridgehead atoms. The fraction of sp³-hybridized carbons (Fsp3) is 0.882. The monoisotopic (exact) mass is 1170 g/mol. The number of esters is 2. The lowest BCUT2D eigenvalue weighted by Gasteiger charge is -2.53. The minimum atomic E-state index is -6.21. The molecule has 0 fully saturated rings. The Morgan fingerprint density at radius 2 is 0.808 bits per heavy atom. The van der Waals surface area contributed by atoms with Crippen LogP contribution in [0.2, 0.25) is 0 Å². The Kier molecular flexibility index (Phi) is 24.6. The van der Waals surface area contributed by atoms with Crippen molar-refractivity contribution in [1.82, 2.24) is 0 Å². The van der Waals surface area contributed by atoms with Crippen LogP contribution in [0.5, 0.6) is 0 Å². The molecule has 0 aromatic rings. The largest absolute Gasteiger partial charge is 0.462 e. The molecule has 0 aliphatic rings. The summed E-state index contributed by atoms with van der Waals surface area (Å²) in [5, 5.41) is 40.0. The van der Waals surface area contributed by atoms with E-state index in [9.17, 15) is 95.9 Å². The van der Waals surface area contributed by atoms with E-state index in [2.05, 4.69) is 13.2 Å². The van der Waals surface area contributed by atoms with Gasteiger partial charge in [-0.2, -0.15) is 65.9 Å². The second-order valence-electron chi connectivity index (χ2n) is 24.3. The average molecular weight is 1170 g/mol. The van der Waals surface area contributed by atoms with Crippen LogP contribution in [0.4, 0.5) is 65.9 Å². The van der Waals surface area contributed by atoms with E-state index in [0.717, 1.165) is 34.6 Å². The number of alkyl halides is 15. The van der Waals surface area contributed by atoms with E-state index < -0.39 is 135 Å². The molecule has 78 heavy (non-hydrogen) atoms. The second kappa shape index (κ2) is 24.9. The Balaban J connectivity index is 0. The van der Waals surface area contributed by atoms with Crippen LogP contribution in [-0.2, 0) is 38.0 Å². The van der Waals surface area contributed by atoms with Gasteiger partial charge in [0.2, 0.25) is 0 Å². The molecular formula is C51H83F15O12. The molecule has 0 amide bonds. The molecule has 0 aliphatic carbocycles. The lowest BCUT2D eigenvalue weighted by atomic mass is 9.67. The highest BCUT2D eigenvalue weighted by molar-refractivity contribution is 5.87. The molecule has 7 unspecified atom stereocenters. The molecule has 0 aromatic heterocycles. The van der Waals surface area contributed by atoms with Gasteiger partial charge in [0.1, 0.15) is 23.9 Å². The van der Waals surface area contributed by atoms with Gasteiger partial charge >= 0.3 is 42.8 Å². The highest BCUT2D eigenvalue weighted by atomic mass is 19.4. The molecule has 0 spiro atoms. The Labute approximate surface area is 447 Å². The van der Waals surface area contributed by atoms with Gasteiger partial charge in [-0.3, -0.25) is 0 Å². The summed E-state index contributed by atoms with van der Waals surface area (Å²) in [7, 11) is 0. The van der Waals surface area contributed by atoms with Crippen molar-refractivity contribution in [2.75, 3.05) is 6.61 Å². The standard InChI is InChI=1S/C27H46F6O6.C24H37F9O6/c1-16(2)20(34)37-15-21(5,6)13-19(14-22(7,8)38-17(3)23(9,10)35)24(11,12)39-18(4)25(36,26(28,29)30)27(31,32)33;1-12(2)15(34)37-16(18(7,8)38-13(3)20(11,35)22(25,26)27)17(5,6)19(9,10)39-14(4)21(36,23(28,29)30)24(31,32)33/h17-19,35-36H,1,13-15H2,2-12H3;13-14,16,35-36H,1H2,2-11H3. The molecule has 0 saturated carbocycles. The number of rotatable bonds is 25. The van der Waals surface area contributed by atoms with Gasteiger partial charge in [-0.25, -0.2) is 9.59 Å². The van der Waals surface area contributed by atoms with E-state index in [1.54, 1.807) is 34.6 Å². The summed E-state index contributed by atoms with van der Waals surface area (Å²) in [6.07, 6.45) is -39.6. The Morgan fingerprint density at radius 3 is 1.13 bits per heavy atom. The number of ether oxygens (including phenoxy) is 6. The van der Waals surface area contributed by atoms with Gasteiger partial charge in [-0.15, -0.1) is 0 Å². The third-order valence-electron chi connectivity index (χ3n) is 14.1. The molecule has 0 aromatic carbocycles. The van der Waals surface area contributed by atoms with Crippen molar-refractivity contribution in [2.24, 2.45) is 16.7 Å².